The summed E-state index contributed by atoms with van der Waals surface area (Å²) >= 11 is 0. The van der Waals surface area contributed by atoms with Crippen LogP contribution >= 0.6 is 0 Å². The van der Waals surface area contributed by atoms with Gasteiger partial charge in [-0.2, -0.15) is 0 Å². The van der Waals surface area contributed by atoms with Gasteiger partial charge in [-0.05, 0) is 63.3 Å². The van der Waals surface area contributed by atoms with E-state index in [0.29, 0.717) is 11.8 Å². The Kier molecular flexibility index (Phi) is 5.04. The summed E-state index contributed by atoms with van der Waals surface area (Å²) in [5.74, 6) is -2.20. The molecule has 0 aliphatic carbocycles. The maximum Gasteiger partial charge on any atom is 0.258 e. The van der Waals surface area contributed by atoms with Crippen LogP contribution in [0.25, 0.3) is 10.9 Å². The number of anilines is 1. The summed E-state index contributed by atoms with van der Waals surface area (Å²) in [6, 6.07) is 8.43. The zero-order valence-corrected chi connectivity index (χ0v) is 15.0. The molecule has 1 aromatic heterocycles. The molecule has 0 radical (unpaired) electrons. The number of aryl methyl sites for hydroxylation is 1. The van der Waals surface area contributed by atoms with Gasteiger partial charge < -0.3 is 15.2 Å². The molecular formula is C20H21F2N3O. The molecule has 0 spiro atoms. The highest BCUT2D eigenvalue weighted by atomic mass is 19.1. The van der Waals surface area contributed by atoms with E-state index < -0.39 is 17.5 Å². The third kappa shape index (κ3) is 3.75. The molecule has 2 aromatic carbocycles. The fourth-order valence-electron chi connectivity index (χ4n) is 2.99. The van der Waals surface area contributed by atoms with Gasteiger partial charge >= 0.3 is 0 Å². The van der Waals surface area contributed by atoms with Gasteiger partial charge in [-0.3, -0.25) is 4.79 Å². The molecule has 0 aliphatic heterocycles. The summed E-state index contributed by atoms with van der Waals surface area (Å²) in [4.78, 5) is 17.8. The van der Waals surface area contributed by atoms with Crippen LogP contribution in [-0.4, -0.2) is 36.4 Å². The fourth-order valence-corrected chi connectivity index (χ4v) is 2.99. The van der Waals surface area contributed by atoms with Crippen molar-refractivity contribution in [3.05, 3.63) is 64.9 Å². The molecule has 1 amide bonds. The van der Waals surface area contributed by atoms with Gasteiger partial charge in [0.05, 0.1) is 5.56 Å². The molecular weight excluding hydrogens is 336 g/mol. The molecule has 0 bridgehead atoms. The zero-order chi connectivity index (χ0) is 18.8. The number of nitrogens with one attached hydrogen (secondary N) is 2. The molecule has 136 valence electrons. The molecule has 3 rings (SSSR count). The van der Waals surface area contributed by atoms with Gasteiger partial charge in [-0.25, -0.2) is 8.78 Å². The van der Waals surface area contributed by atoms with Crippen LogP contribution in [0.2, 0.25) is 0 Å². The molecule has 2 N–H and O–H groups in total. The molecule has 1 heterocycles. The van der Waals surface area contributed by atoms with Crippen molar-refractivity contribution >= 4 is 22.5 Å². The van der Waals surface area contributed by atoms with Crippen molar-refractivity contribution in [1.29, 1.82) is 0 Å². The molecule has 26 heavy (non-hydrogen) atoms. The van der Waals surface area contributed by atoms with E-state index in [1.54, 1.807) is 6.07 Å². The maximum absolute atomic E-state index is 13.8. The highest BCUT2D eigenvalue weighted by Crippen LogP contribution is 2.26. The number of likely N-dealkylation sites (N-methyl/N-ethyl adjacent to an activating group) is 1. The minimum Gasteiger partial charge on any atom is -0.358 e. The lowest BCUT2D eigenvalue weighted by atomic mass is 10.1. The third-order valence-corrected chi connectivity index (χ3v) is 4.36. The van der Waals surface area contributed by atoms with E-state index in [1.807, 2.05) is 33.2 Å². The van der Waals surface area contributed by atoms with Crippen LogP contribution in [0.4, 0.5) is 14.5 Å². The first-order chi connectivity index (χ1) is 12.3. The summed E-state index contributed by atoms with van der Waals surface area (Å²) in [5, 5.41) is 3.72. The van der Waals surface area contributed by atoms with E-state index in [1.165, 1.54) is 5.56 Å². The molecule has 0 saturated carbocycles. The number of H-pyrrole nitrogens is 1. The van der Waals surface area contributed by atoms with Crippen molar-refractivity contribution in [1.82, 2.24) is 9.88 Å². The largest absolute Gasteiger partial charge is 0.358 e. The molecule has 3 aromatic rings. The number of rotatable bonds is 5. The average molecular weight is 357 g/mol. The van der Waals surface area contributed by atoms with Crippen LogP contribution in [0.1, 0.15) is 21.6 Å². The number of aromatic nitrogens is 1. The predicted molar refractivity (Wildman–Crippen MR) is 99.6 cm³/mol. The number of amides is 1. The van der Waals surface area contributed by atoms with Gasteiger partial charge in [-0.15, -0.1) is 0 Å². The van der Waals surface area contributed by atoms with Gasteiger partial charge in [0.25, 0.3) is 5.91 Å². The van der Waals surface area contributed by atoms with Crippen LogP contribution in [-0.2, 0) is 6.42 Å². The molecule has 0 atom stereocenters. The van der Waals surface area contributed by atoms with Gasteiger partial charge in [0, 0.05) is 34.9 Å². The van der Waals surface area contributed by atoms with E-state index in [9.17, 15) is 13.6 Å². The van der Waals surface area contributed by atoms with Crippen LogP contribution in [0.3, 0.4) is 0 Å². The zero-order valence-electron chi connectivity index (χ0n) is 15.0. The van der Waals surface area contributed by atoms with Crippen molar-refractivity contribution in [3.8, 4) is 0 Å². The molecule has 0 aliphatic rings. The Labute approximate surface area is 150 Å². The lowest BCUT2D eigenvalue weighted by Crippen LogP contribution is -2.15. The minimum absolute atomic E-state index is 0.190. The standard InChI is InChI=1S/C20H21F2N3O/c1-12-15(8-9-25(2)3)17-11-14(5-7-19(17)23-12)24-20(26)16-6-4-13(21)10-18(16)22/h4-7,10-11,23H,8-9H2,1-3H3,(H,24,26). The first-order valence-electron chi connectivity index (χ1n) is 8.37. The second-order valence-corrected chi connectivity index (χ2v) is 6.62. The lowest BCUT2D eigenvalue weighted by Gasteiger charge is -2.10. The minimum atomic E-state index is -0.882. The Balaban J connectivity index is 1.88. The van der Waals surface area contributed by atoms with E-state index in [4.69, 9.17) is 0 Å². The van der Waals surface area contributed by atoms with Crippen LogP contribution in [0.15, 0.2) is 36.4 Å². The lowest BCUT2D eigenvalue weighted by molar-refractivity contribution is 0.102. The third-order valence-electron chi connectivity index (χ3n) is 4.36. The first-order valence-corrected chi connectivity index (χ1v) is 8.37. The number of fused-ring (bicyclic) bond motifs is 1. The van der Waals surface area contributed by atoms with Crippen molar-refractivity contribution in [3.63, 3.8) is 0 Å². The van der Waals surface area contributed by atoms with Crippen molar-refractivity contribution in [2.45, 2.75) is 13.3 Å². The average Bonchev–Trinajstić information content (AvgIpc) is 2.87. The number of benzene rings is 2. The topological polar surface area (TPSA) is 48.1 Å². The maximum atomic E-state index is 13.8. The summed E-state index contributed by atoms with van der Waals surface area (Å²) in [6.45, 7) is 2.93. The number of halogens is 2. The van der Waals surface area contributed by atoms with Gasteiger partial charge in [0.15, 0.2) is 0 Å². The van der Waals surface area contributed by atoms with E-state index in [2.05, 4.69) is 15.2 Å². The molecule has 6 heteroatoms. The Morgan fingerprint density at radius 1 is 1.15 bits per heavy atom. The molecule has 0 saturated heterocycles. The molecule has 0 fully saturated rings. The Morgan fingerprint density at radius 3 is 2.62 bits per heavy atom. The number of nitrogens with zero attached hydrogens (tertiary/aromatic N) is 1. The monoisotopic (exact) mass is 357 g/mol. The van der Waals surface area contributed by atoms with E-state index in [-0.39, 0.29) is 5.56 Å². The van der Waals surface area contributed by atoms with E-state index >= 15 is 0 Å². The highest BCUT2D eigenvalue weighted by Gasteiger charge is 2.14. The number of hydrogen-bond acceptors (Lipinski definition) is 2. The van der Waals surface area contributed by atoms with Crippen LogP contribution < -0.4 is 5.32 Å². The number of carbonyl (C=O) groups excluding carboxylic acids is 1. The van der Waals surface area contributed by atoms with Crippen LogP contribution in [0, 0.1) is 18.6 Å². The summed E-state index contributed by atoms with van der Waals surface area (Å²) < 4.78 is 26.8. The highest BCUT2D eigenvalue weighted by molar-refractivity contribution is 6.05. The number of aromatic amines is 1. The van der Waals surface area contributed by atoms with Gasteiger partial charge in [-0.1, -0.05) is 0 Å². The number of hydrogen-bond donors (Lipinski definition) is 2. The summed E-state index contributed by atoms with van der Waals surface area (Å²) in [6.07, 6.45) is 0.878. The van der Waals surface area contributed by atoms with Crippen LogP contribution in [0.5, 0.6) is 0 Å². The Morgan fingerprint density at radius 2 is 1.92 bits per heavy atom. The number of carbonyl (C=O) groups is 1. The second-order valence-electron chi connectivity index (χ2n) is 6.62. The quantitative estimate of drug-likeness (QED) is 0.722. The Bertz CT molecular complexity index is 963. The van der Waals surface area contributed by atoms with Gasteiger partial charge in [0.2, 0.25) is 0 Å². The second kappa shape index (κ2) is 7.25. The fraction of sp³-hybridized carbons (Fsp3) is 0.250. The normalized spacial score (nSPS) is 11.3. The van der Waals surface area contributed by atoms with Gasteiger partial charge in [0.1, 0.15) is 11.6 Å². The summed E-state index contributed by atoms with van der Waals surface area (Å²) in [5.41, 5.74) is 3.65. The predicted octanol–water partition coefficient (Wildman–Crippen LogP) is 4.11. The van der Waals surface area contributed by atoms with Crippen molar-refractivity contribution < 1.29 is 13.6 Å². The SMILES string of the molecule is Cc1[nH]c2ccc(NC(=O)c3ccc(F)cc3F)cc2c1CCN(C)C. The Hall–Kier alpha value is -2.73. The van der Waals surface area contributed by atoms with Crippen molar-refractivity contribution in [2.75, 3.05) is 26.0 Å². The summed E-state index contributed by atoms with van der Waals surface area (Å²) in [7, 11) is 4.04. The van der Waals surface area contributed by atoms with E-state index in [0.717, 1.165) is 41.7 Å². The molecule has 0 unspecified atom stereocenters. The first kappa shape index (κ1) is 18.1. The molecule has 4 nitrogen and oxygen atoms in total. The van der Waals surface area contributed by atoms with Crippen molar-refractivity contribution in [2.24, 2.45) is 0 Å². The smallest absolute Gasteiger partial charge is 0.258 e.